The summed E-state index contributed by atoms with van der Waals surface area (Å²) in [5, 5.41) is 18.1. The molecule has 20 heavy (non-hydrogen) atoms. The number of hydrogen-bond donors (Lipinski definition) is 4. The third kappa shape index (κ3) is 4.64. The fourth-order valence-electron chi connectivity index (χ4n) is 1.64. The highest BCUT2D eigenvalue weighted by atomic mass is 32.2. The fourth-order valence-corrected chi connectivity index (χ4v) is 2.33. The van der Waals surface area contributed by atoms with Gasteiger partial charge in [-0.3, -0.25) is 0 Å². The molecule has 1 atom stereocenters. The lowest BCUT2D eigenvalue weighted by Gasteiger charge is -2.24. The first-order chi connectivity index (χ1) is 9.17. The van der Waals surface area contributed by atoms with E-state index in [9.17, 15) is 13.5 Å². The first kappa shape index (κ1) is 16.7. The number of rotatable bonds is 7. The van der Waals surface area contributed by atoms with E-state index in [2.05, 4.69) is 5.32 Å². The van der Waals surface area contributed by atoms with E-state index >= 15 is 0 Å². The lowest BCUT2D eigenvalue weighted by Crippen LogP contribution is -2.34. The van der Waals surface area contributed by atoms with Crippen LogP contribution in [0.2, 0.25) is 0 Å². The molecule has 0 aromatic heterocycles. The van der Waals surface area contributed by atoms with Crippen molar-refractivity contribution >= 4 is 21.4 Å². The van der Waals surface area contributed by atoms with E-state index < -0.39 is 15.6 Å². The maximum atomic E-state index is 11.4. The van der Waals surface area contributed by atoms with Crippen molar-refractivity contribution in [2.45, 2.75) is 23.8 Å². The quantitative estimate of drug-likeness (QED) is 0.530. The van der Waals surface area contributed by atoms with Crippen molar-refractivity contribution < 1.29 is 18.3 Å². The largest absolute Gasteiger partial charge is 0.396 e. The lowest BCUT2D eigenvalue weighted by atomic mass is 10.0. The summed E-state index contributed by atoms with van der Waals surface area (Å²) < 4.78 is 27.6. The van der Waals surface area contributed by atoms with Crippen molar-refractivity contribution in [1.29, 1.82) is 0 Å². The van der Waals surface area contributed by atoms with Gasteiger partial charge in [-0.05, 0) is 19.1 Å². The Hall–Kier alpha value is -1.35. The number of benzene rings is 1. The molecule has 1 rings (SSSR count). The van der Waals surface area contributed by atoms with Gasteiger partial charge >= 0.3 is 0 Å². The minimum Gasteiger partial charge on any atom is -0.396 e. The molecule has 0 heterocycles. The number of nitrogens with two attached hydrogens (primary N) is 2. The third-order valence-electron chi connectivity index (χ3n) is 2.88. The Kier molecular flexibility index (Phi) is 5.35. The number of sulfonamides is 1. The minimum atomic E-state index is -3.87. The van der Waals surface area contributed by atoms with Gasteiger partial charge in [0.25, 0.3) is 0 Å². The lowest BCUT2D eigenvalue weighted by molar-refractivity contribution is 0.0358. The minimum absolute atomic E-state index is 0.0394. The second-order valence-corrected chi connectivity index (χ2v) is 6.39. The molecule has 0 saturated carbocycles. The molecule has 1 unspecified atom stereocenters. The highest BCUT2D eigenvalue weighted by Gasteiger charge is 2.21. The number of anilines is 2. The summed E-state index contributed by atoms with van der Waals surface area (Å²) in [5.41, 5.74) is 5.22. The summed E-state index contributed by atoms with van der Waals surface area (Å²) in [6, 6.07) is 4.48. The molecule has 1 aromatic rings. The van der Waals surface area contributed by atoms with Crippen LogP contribution in [0.5, 0.6) is 0 Å². The zero-order chi connectivity index (χ0) is 15.4. The monoisotopic (exact) mass is 303 g/mol. The molecule has 0 bridgehead atoms. The summed E-state index contributed by atoms with van der Waals surface area (Å²) in [7, 11) is -2.32. The fraction of sp³-hybridized carbons (Fsp3) is 0.500. The van der Waals surface area contributed by atoms with Gasteiger partial charge in [-0.25, -0.2) is 13.6 Å². The molecule has 0 saturated heterocycles. The molecule has 0 amide bonds. The Morgan fingerprint density at radius 3 is 2.65 bits per heavy atom. The Labute approximate surface area is 119 Å². The molecular formula is C12H21N3O4S. The highest BCUT2D eigenvalue weighted by molar-refractivity contribution is 7.89. The Morgan fingerprint density at radius 2 is 2.10 bits per heavy atom. The molecule has 7 nitrogen and oxygen atoms in total. The van der Waals surface area contributed by atoms with E-state index in [-0.39, 0.29) is 17.1 Å². The van der Waals surface area contributed by atoms with Crippen molar-refractivity contribution in [2.24, 2.45) is 5.14 Å². The number of nitrogens with one attached hydrogen (secondary N) is 1. The van der Waals surface area contributed by atoms with Gasteiger partial charge in [-0.1, -0.05) is 6.07 Å². The molecule has 1 aromatic carbocycles. The van der Waals surface area contributed by atoms with Gasteiger partial charge < -0.3 is 20.9 Å². The van der Waals surface area contributed by atoms with Crippen LogP contribution in [0.1, 0.15) is 13.3 Å². The van der Waals surface area contributed by atoms with E-state index in [1.165, 1.54) is 12.1 Å². The standard InChI is InChI=1S/C12H21N3O4S/c1-12(16,6-7-19-2)8-15-9-4-3-5-10(11(9)13)20(14,17)18/h3-5,15-16H,6-8,13H2,1-2H3,(H2,14,17,18). The topological polar surface area (TPSA) is 128 Å². The van der Waals surface area contributed by atoms with Crippen molar-refractivity contribution in [3.05, 3.63) is 18.2 Å². The summed E-state index contributed by atoms with van der Waals surface area (Å²) in [6.07, 6.45) is 0.436. The molecule has 0 aliphatic carbocycles. The first-order valence-corrected chi connectivity index (χ1v) is 7.58. The van der Waals surface area contributed by atoms with Crippen LogP contribution in [-0.2, 0) is 14.8 Å². The van der Waals surface area contributed by atoms with Crippen LogP contribution in [0, 0.1) is 0 Å². The summed E-state index contributed by atoms with van der Waals surface area (Å²) >= 11 is 0. The van der Waals surface area contributed by atoms with Crippen LogP contribution < -0.4 is 16.2 Å². The van der Waals surface area contributed by atoms with Crippen LogP contribution in [-0.4, -0.2) is 39.4 Å². The maximum Gasteiger partial charge on any atom is 0.240 e. The molecule has 8 heteroatoms. The van der Waals surface area contributed by atoms with E-state index in [0.29, 0.717) is 18.7 Å². The van der Waals surface area contributed by atoms with Crippen molar-refractivity contribution in [3.63, 3.8) is 0 Å². The van der Waals surface area contributed by atoms with E-state index in [1.54, 1.807) is 20.1 Å². The Bertz CT molecular complexity index is 558. The molecule has 0 aliphatic rings. The number of para-hydroxylation sites is 1. The van der Waals surface area contributed by atoms with Gasteiger partial charge in [0.05, 0.1) is 17.0 Å². The Balaban J connectivity index is 2.84. The van der Waals surface area contributed by atoms with Crippen molar-refractivity contribution in [3.8, 4) is 0 Å². The number of primary sulfonamides is 1. The summed E-state index contributed by atoms with van der Waals surface area (Å²) in [6.45, 7) is 2.27. The molecule has 0 radical (unpaired) electrons. The molecular weight excluding hydrogens is 282 g/mol. The van der Waals surface area contributed by atoms with Gasteiger partial charge in [0, 0.05) is 26.7 Å². The normalized spacial score (nSPS) is 14.8. The number of aliphatic hydroxyl groups is 1. The van der Waals surface area contributed by atoms with E-state index in [1.807, 2.05) is 0 Å². The number of ether oxygens (including phenoxy) is 1. The smallest absolute Gasteiger partial charge is 0.240 e. The van der Waals surface area contributed by atoms with Crippen molar-refractivity contribution in [1.82, 2.24) is 0 Å². The third-order valence-corrected chi connectivity index (χ3v) is 3.85. The number of methoxy groups -OCH3 is 1. The van der Waals surface area contributed by atoms with E-state index in [4.69, 9.17) is 15.6 Å². The van der Waals surface area contributed by atoms with Gasteiger partial charge in [0.15, 0.2) is 0 Å². The van der Waals surface area contributed by atoms with Gasteiger partial charge in [0.2, 0.25) is 10.0 Å². The van der Waals surface area contributed by atoms with Crippen LogP contribution in [0.25, 0.3) is 0 Å². The number of hydrogen-bond acceptors (Lipinski definition) is 6. The summed E-state index contributed by atoms with van der Waals surface area (Å²) in [5.74, 6) is 0. The number of nitrogen functional groups attached to an aromatic ring is 1. The predicted octanol–water partition coefficient (Wildman–Crippen LogP) is 0.116. The average molecular weight is 303 g/mol. The van der Waals surface area contributed by atoms with Crippen LogP contribution in [0.15, 0.2) is 23.1 Å². The van der Waals surface area contributed by atoms with Gasteiger partial charge in [-0.15, -0.1) is 0 Å². The molecule has 0 aliphatic heterocycles. The van der Waals surface area contributed by atoms with Gasteiger partial charge in [0.1, 0.15) is 4.90 Å². The molecule has 6 N–H and O–H groups in total. The summed E-state index contributed by atoms with van der Waals surface area (Å²) in [4.78, 5) is -0.140. The average Bonchev–Trinajstić information content (AvgIpc) is 2.34. The maximum absolute atomic E-state index is 11.4. The SMILES string of the molecule is COCCC(C)(O)CNc1cccc(S(N)(=O)=O)c1N. The highest BCUT2D eigenvalue weighted by Crippen LogP contribution is 2.26. The second-order valence-electron chi connectivity index (χ2n) is 4.86. The first-order valence-electron chi connectivity index (χ1n) is 6.04. The van der Waals surface area contributed by atoms with Crippen LogP contribution >= 0.6 is 0 Å². The zero-order valence-electron chi connectivity index (χ0n) is 11.6. The van der Waals surface area contributed by atoms with Crippen LogP contribution in [0.3, 0.4) is 0 Å². The predicted molar refractivity (Wildman–Crippen MR) is 77.8 cm³/mol. The van der Waals surface area contributed by atoms with E-state index in [0.717, 1.165) is 0 Å². The zero-order valence-corrected chi connectivity index (χ0v) is 12.4. The van der Waals surface area contributed by atoms with Gasteiger partial charge in [-0.2, -0.15) is 0 Å². The van der Waals surface area contributed by atoms with Crippen LogP contribution in [0.4, 0.5) is 11.4 Å². The molecule has 0 spiro atoms. The molecule has 114 valence electrons. The Morgan fingerprint density at radius 1 is 1.45 bits per heavy atom. The molecule has 0 fully saturated rings. The van der Waals surface area contributed by atoms with Crippen molar-refractivity contribution in [2.75, 3.05) is 31.3 Å². The second kappa shape index (κ2) is 6.40.